The van der Waals surface area contributed by atoms with Crippen LogP contribution in [0.5, 0.6) is 0 Å². The molecular weight excluding hydrogens is 420 g/mol. The molecule has 0 aromatic carbocycles. The zero-order chi connectivity index (χ0) is 23.6. The van der Waals surface area contributed by atoms with Crippen LogP contribution >= 0.6 is 0 Å². The molecule has 2 saturated heterocycles. The number of hydrogen-bond acceptors (Lipinski definition) is 8. The average molecular weight is 463 g/mol. The van der Waals surface area contributed by atoms with Crippen LogP contribution < -0.4 is 0 Å². The summed E-state index contributed by atoms with van der Waals surface area (Å²) in [7, 11) is -0.309. The summed E-state index contributed by atoms with van der Waals surface area (Å²) < 4.78 is 35.2. The fourth-order valence-corrected chi connectivity index (χ4v) is 5.02. The van der Waals surface area contributed by atoms with Gasteiger partial charge in [-0.1, -0.05) is 34.6 Å². The Hall–Kier alpha value is -0.553. The number of aliphatic hydroxyl groups is 1. The van der Waals surface area contributed by atoms with E-state index in [4.69, 9.17) is 28.1 Å². The van der Waals surface area contributed by atoms with Crippen LogP contribution in [0, 0.1) is 5.41 Å². The molecule has 2 rings (SSSR count). The minimum absolute atomic E-state index is 0.0718. The first-order valence-corrected chi connectivity index (χ1v) is 14.0. The molecule has 2 aliphatic rings. The molecule has 2 fully saturated rings. The highest BCUT2D eigenvalue weighted by atomic mass is 28.4. The summed E-state index contributed by atoms with van der Waals surface area (Å²) >= 11 is 0. The molecule has 0 saturated carbocycles. The molecule has 2 aliphatic heterocycles. The third-order valence-corrected chi connectivity index (χ3v) is 11.6. The molecule has 6 atom stereocenters. The van der Waals surface area contributed by atoms with Crippen molar-refractivity contribution in [2.24, 2.45) is 5.41 Å². The molecule has 0 amide bonds. The largest absolute Gasteiger partial charge is 0.463 e. The van der Waals surface area contributed by atoms with Gasteiger partial charge < -0.3 is 33.2 Å². The summed E-state index contributed by atoms with van der Waals surface area (Å²) in [4.78, 5) is 11.3. The van der Waals surface area contributed by atoms with Crippen molar-refractivity contribution in [3.05, 3.63) is 0 Å². The van der Waals surface area contributed by atoms with Gasteiger partial charge in [0.05, 0.1) is 24.9 Å². The lowest BCUT2D eigenvalue weighted by atomic mass is 9.72. The lowest BCUT2D eigenvalue weighted by Gasteiger charge is -2.54. The van der Waals surface area contributed by atoms with Crippen molar-refractivity contribution in [1.29, 1.82) is 0 Å². The SMILES string of the molecule is CO[C@@H]1[C@H]2OCO[C@H](COC(C)=O)[C@H]2O[C@H](C[C@H](O)CO[Si](C)(C)C(C)(C)C)C1(C)C. The minimum atomic E-state index is -1.96. The highest BCUT2D eigenvalue weighted by Gasteiger charge is 2.56. The van der Waals surface area contributed by atoms with Gasteiger partial charge >= 0.3 is 5.97 Å². The van der Waals surface area contributed by atoms with E-state index in [2.05, 4.69) is 47.7 Å². The van der Waals surface area contributed by atoms with E-state index in [1.807, 2.05) is 0 Å². The standard InChI is InChI=1S/C22H42O8Si/c1-14(23)26-12-16-18-19(28-13-27-16)20(25-7)22(5,6)17(30-18)10-15(24)11-29-31(8,9)21(2,3)4/h15-20,24H,10-13H2,1-9H3/t15-,16+,17+,18+,19-,20+/m0/s1. The van der Waals surface area contributed by atoms with Crippen LogP contribution in [0.4, 0.5) is 0 Å². The molecule has 9 heteroatoms. The van der Waals surface area contributed by atoms with Gasteiger partial charge in [0, 0.05) is 25.9 Å². The van der Waals surface area contributed by atoms with Gasteiger partial charge in [-0.05, 0) is 18.1 Å². The molecule has 2 heterocycles. The Labute approximate surface area is 188 Å². The van der Waals surface area contributed by atoms with Crippen molar-refractivity contribution in [3.63, 3.8) is 0 Å². The Morgan fingerprint density at radius 3 is 2.42 bits per heavy atom. The lowest BCUT2D eigenvalue weighted by molar-refractivity contribution is -0.331. The number of hydrogen-bond donors (Lipinski definition) is 1. The van der Waals surface area contributed by atoms with E-state index in [0.29, 0.717) is 6.42 Å². The molecule has 0 aliphatic carbocycles. The van der Waals surface area contributed by atoms with E-state index in [0.717, 1.165) is 0 Å². The Balaban J connectivity index is 2.11. The highest BCUT2D eigenvalue weighted by Crippen LogP contribution is 2.44. The summed E-state index contributed by atoms with van der Waals surface area (Å²) in [6, 6.07) is 0. The number of ether oxygens (including phenoxy) is 5. The van der Waals surface area contributed by atoms with Crippen molar-refractivity contribution in [1.82, 2.24) is 0 Å². The number of rotatable bonds is 8. The van der Waals surface area contributed by atoms with E-state index in [1.54, 1.807) is 7.11 Å². The van der Waals surface area contributed by atoms with Gasteiger partial charge in [-0.15, -0.1) is 0 Å². The van der Waals surface area contributed by atoms with Crippen LogP contribution in [0.25, 0.3) is 0 Å². The summed E-state index contributed by atoms with van der Waals surface area (Å²) in [5.74, 6) is -0.374. The first-order valence-electron chi connectivity index (χ1n) is 11.1. The van der Waals surface area contributed by atoms with Gasteiger partial charge in [0.2, 0.25) is 0 Å². The number of esters is 1. The number of carbonyl (C=O) groups excluding carboxylic acids is 1. The van der Waals surface area contributed by atoms with Gasteiger partial charge in [0.25, 0.3) is 0 Å². The second kappa shape index (κ2) is 10.2. The Morgan fingerprint density at radius 1 is 1.23 bits per heavy atom. The van der Waals surface area contributed by atoms with E-state index in [9.17, 15) is 9.90 Å². The van der Waals surface area contributed by atoms with Crippen molar-refractivity contribution in [2.45, 2.75) is 103 Å². The fourth-order valence-electron chi connectivity index (χ4n) is 3.98. The van der Waals surface area contributed by atoms with Crippen LogP contribution in [0.1, 0.15) is 48.0 Å². The molecule has 0 aromatic rings. The quantitative estimate of drug-likeness (QED) is 0.435. The van der Waals surface area contributed by atoms with Gasteiger partial charge in [0.1, 0.15) is 31.7 Å². The van der Waals surface area contributed by atoms with Crippen molar-refractivity contribution >= 4 is 14.3 Å². The maximum absolute atomic E-state index is 11.3. The number of fused-ring (bicyclic) bond motifs is 1. The fraction of sp³-hybridized carbons (Fsp3) is 0.955. The molecule has 31 heavy (non-hydrogen) atoms. The van der Waals surface area contributed by atoms with Gasteiger partial charge in [0.15, 0.2) is 8.32 Å². The van der Waals surface area contributed by atoms with Crippen LogP contribution in [-0.4, -0.2) is 83.1 Å². The van der Waals surface area contributed by atoms with Crippen LogP contribution in [0.2, 0.25) is 18.1 Å². The summed E-state index contributed by atoms with van der Waals surface area (Å²) in [6.45, 7) is 16.8. The van der Waals surface area contributed by atoms with Crippen molar-refractivity contribution < 1.29 is 38.0 Å². The first-order chi connectivity index (χ1) is 14.2. The smallest absolute Gasteiger partial charge is 0.302 e. The van der Waals surface area contributed by atoms with Crippen LogP contribution in [0.15, 0.2) is 0 Å². The summed E-state index contributed by atoms with van der Waals surface area (Å²) in [5.41, 5.74) is -0.419. The van der Waals surface area contributed by atoms with Crippen LogP contribution in [-0.2, 0) is 32.9 Å². The predicted molar refractivity (Wildman–Crippen MR) is 118 cm³/mol. The lowest BCUT2D eigenvalue weighted by Crippen LogP contribution is -2.66. The second-order valence-corrected chi connectivity index (χ2v) is 15.6. The van der Waals surface area contributed by atoms with Gasteiger partial charge in [-0.25, -0.2) is 0 Å². The van der Waals surface area contributed by atoms with E-state index < -0.39 is 32.0 Å². The summed E-state index contributed by atoms with van der Waals surface area (Å²) in [6.07, 6.45) is -2.15. The maximum Gasteiger partial charge on any atom is 0.302 e. The molecule has 0 spiro atoms. The average Bonchev–Trinajstić information content (AvgIpc) is 2.64. The maximum atomic E-state index is 11.3. The predicted octanol–water partition coefficient (Wildman–Crippen LogP) is 2.87. The van der Waals surface area contributed by atoms with Crippen LogP contribution in [0.3, 0.4) is 0 Å². The van der Waals surface area contributed by atoms with Crippen molar-refractivity contribution in [3.8, 4) is 0 Å². The molecule has 182 valence electrons. The first kappa shape index (κ1) is 26.7. The minimum Gasteiger partial charge on any atom is -0.463 e. The molecular formula is C22H42O8Si. The van der Waals surface area contributed by atoms with E-state index in [1.165, 1.54) is 6.92 Å². The molecule has 0 bridgehead atoms. The third-order valence-electron chi connectivity index (χ3n) is 7.05. The van der Waals surface area contributed by atoms with E-state index in [-0.39, 0.29) is 49.3 Å². The summed E-state index contributed by atoms with van der Waals surface area (Å²) in [5, 5.41) is 10.9. The van der Waals surface area contributed by atoms with Gasteiger partial charge in [-0.2, -0.15) is 0 Å². The topological polar surface area (TPSA) is 92.7 Å². The molecule has 0 radical (unpaired) electrons. The Morgan fingerprint density at radius 2 is 1.87 bits per heavy atom. The molecule has 1 N–H and O–H groups in total. The highest BCUT2D eigenvalue weighted by molar-refractivity contribution is 6.74. The number of methoxy groups -OCH3 is 1. The second-order valence-electron chi connectivity index (χ2n) is 10.8. The Bertz CT molecular complexity index is 603. The molecule has 8 nitrogen and oxygen atoms in total. The van der Waals surface area contributed by atoms with E-state index >= 15 is 0 Å². The van der Waals surface area contributed by atoms with Gasteiger partial charge in [-0.3, -0.25) is 4.79 Å². The monoisotopic (exact) mass is 462 g/mol. The number of carbonyl (C=O) groups is 1. The number of aliphatic hydroxyl groups excluding tert-OH is 1. The normalized spacial score (nSPS) is 32.3. The molecule has 0 aromatic heterocycles. The third kappa shape index (κ3) is 6.28. The van der Waals surface area contributed by atoms with Crippen molar-refractivity contribution in [2.75, 3.05) is 27.1 Å². The zero-order valence-electron chi connectivity index (χ0n) is 20.6. The Kier molecular flexibility index (Phi) is 8.74. The zero-order valence-corrected chi connectivity index (χ0v) is 21.6. The molecule has 0 unspecified atom stereocenters.